The van der Waals surface area contributed by atoms with Gasteiger partial charge in [-0.05, 0) is 11.1 Å². The summed E-state index contributed by atoms with van der Waals surface area (Å²) in [6.45, 7) is -0.151. The van der Waals surface area contributed by atoms with E-state index >= 15 is 0 Å². The van der Waals surface area contributed by atoms with Crippen molar-refractivity contribution in [3.05, 3.63) is 71.8 Å². The van der Waals surface area contributed by atoms with E-state index in [9.17, 15) is 18.0 Å². The molecule has 0 fully saturated rings. The van der Waals surface area contributed by atoms with Crippen molar-refractivity contribution in [3.8, 4) is 0 Å². The normalized spacial score (nSPS) is 11.2. The van der Waals surface area contributed by atoms with Crippen LogP contribution in [-0.2, 0) is 17.9 Å². The summed E-state index contributed by atoms with van der Waals surface area (Å²) in [5.41, 5.74) is 1.32. The molecule has 2 aromatic rings. The molecule has 0 spiro atoms. The molecule has 0 N–H and O–H groups in total. The van der Waals surface area contributed by atoms with Crippen molar-refractivity contribution in [1.29, 1.82) is 0 Å². The lowest BCUT2D eigenvalue weighted by atomic mass is 10.1. The Kier molecular flexibility index (Phi) is 4.62. The van der Waals surface area contributed by atoms with Gasteiger partial charge in [-0.15, -0.1) is 0 Å². The minimum atomic E-state index is -4.87. The number of amides is 1. The molecule has 2 aromatic carbocycles. The number of carbonyl (C=O) groups excluding carboxylic acids is 1. The fourth-order valence-corrected chi connectivity index (χ4v) is 1.99. The van der Waals surface area contributed by atoms with Gasteiger partial charge in [0.2, 0.25) is 0 Å². The Morgan fingerprint density at radius 2 is 1.19 bits per heavy atom. The van der Waals surface area contributed by atoms with Gasteiger partial charge in [0.25, 0.3) is 0 Å². The zero-order valence-electron chi connectivity index (χ0n) is 11.2. The Labute approximate surface area is 120 Å². The fourth-order valence-electron chi connectivity index (χ4n) is 1.99. The third kappa shape index (κ3) is 4.34. The van der Waals surface area contributed by atoms with Gasteiger partial charge in [-0.3, -0.25) is 4.79 Å². The molecule has 0 heterocycles. The van der Waals surface area contributed by atoms with E-state index in [0.29, 0.717) is 11.1 Å². The summed E-state index contributed by atoms with van der Waals surface area (Å²) in [5, 5.41) is 0. The molecule has 0 radical (unpaired) electrons. The quantitative estimate of drug-likeness (QED) is 0.840. The van der Waals surface area contributed by atoms with Gasteiger partial charge in [0.05, 0.1) is 0 Å². The number of halogens is 3. The summed E-state index contributed by atoms with van der Waals surface area (Å²) >= 11 is 0. The van der Waals surface area contributed by atoms with Gasteiger partial charge in [-0.2, -0.15) is 13.2 Å². The van der Waals surface area contributed by atoms with Crippen molar-refractivity contribution in [1.82, 2.24) is 4.90 Å². The van der Waals surface area contributed by atoms with E-state index in [1.807, 2.05) is 0 Å². The summed E-state index contributed by atoms with van der Waals surface area (Å²) in [4.78, 5) is 12.4. The highest BCUT2D eigenvalue weighted by Crippen LogP contribution is 2.21. The van der Waals surface area contributed by atoms with Gasteiger partial charge < -0.3 is 4.90 Å². The number of carbonyl (C=O) groups is 1. The van der Waals surface area contributed by atoms with Crippen LogP contribution in [0.4, 0.5) is 13.2 Å². The van der Waals surface area contributed by atoms with Gasteiger partial charge in [0, 0.05) is 13.1 Å². The van der Waals surface area contributed by atoms with E-state index in [1.54, 1.807) is 60.7 Å². The maximum absolute atomic E-state index is 12.7. The molecular weight excluding hydrogens is 279 g/mol. The maximum atomic E-state index is 12.7. The zero-order chi connectivity index (χ0) is 15.3. The molecule has 0 unspecified atom stereocenters. The largest absolute Gasteiger partial charge is 0.471 e. The van der Waals surface area contributed by atoms with Crippen molar-refractivity contribution >= 4 is 5.91 Å². The first-order valence-corrected chi connectivity index (χ1v) is 6.41. The Morgan fingerprint density at radius 1 is 0.810 bits per heavy atom. The topological polar surface area (TPSA) is 20.3 Å². The number of hydrogen-bond acceptors (Lipinski definition) is 1. The molecule has 0 aliphatic rings. The molecule has 2 nitrogen and oxygen atoms in total. The van der Waals surface area contributed by atoms with Gasteiger partial charge >= 0.3 is 12.1 Å². The third-order valence-corrected chi connectivity index (χ3v) is 2.96. The van der Waals surface area contributed by atoms with Gasteiger partial charge in [0.15, 0.2) is 0 Å². The van der Waals surface area contributed by atoms with Gasteiger partial charge in [-0.1, -0.05) is 60.7 Å². The Hall–Kier alpha value is -2.30. The third-order valence-electron chi connectivity index (χ3n) is 2.96. The van der Waals surface area contributed by atoms with Crippen molar-refractivity contribution in [3.63, 3.8) is 0 Å². The summed E-state index contributed by atoms with van der Waals surface area (Å²) < 4.78 is 38.1. The van der Waals surface area contributed by atoms with Crippen LogP contribution in [0.15, 0.2) is 60.7 Å². The minimum Gasteiger partial charge on any atom is -0.326 e. The standard InChI is InChI=1S/C16H14F3NO/c17-16(18,19)15(21)20(11-13-7-3-1-4-8-13)12-14-9-5-2-6-10-14/h1-10H,11-12H2. The van der Waals surface area contributed by atoms with Gasteiger partial charge in [-0.25, -0.2) is 0 Å². The summed E-state index contributed by atoms with van der Waals surface area (Å²) in [6, 6.07) is 17.3. The lowest BCUT2D eigenvalue weighted by molar-refractivity contribution is -0.186. The predicted molar refractivity (Wildman–Crippen MR) is 73.2 cm³/mol. The first-order valence-electron chi connectivity index (χ1n) is 6.41. The summed E-state index contributed by atoms with van der Waals surface area (Å²) in [7, 11) is 0. The van der Waals surface area contributed by atoms with Crippen molar-refractivity contribution in [2.45, 2.75) is 19.3 Å². The summed E-state index contributed by atoms with van der Waals surface area (Å²) in [6.07, 6.45) is -4.87. The van der Waals surface area contributed by atoms with Crippen LogP contribution >= 0.6 is 0 Å². The average molecular weight is 293 g/mol. The number of nitrogens with zero attached hydrogens (tertiary/aromatic N) is 1. The first-order chi connectivity index (χ1) is 9.97. The van der Waals surface area contributed by atoms with Crippen LogP contribution in [0.2, 0.25) is 0 Å². The molecule has 5 heteroatoms. The molecule has 0 bridgehead atoms. The number of hydrogen-bond donors (Lipinski definition) is 0. The second-order valence-electron chi connectivity index (χ2n) is 4.63. The van der Waals surface area contributed by atoms with Crippen LogP contribution in [0, 0.1) is 0 Å². The van der Waals surface area contributed by atoms with Crippen LogP contribution in [0.25, 0.3) is 0 Å². The number of alkyl halides is 3. The van der Waals surface area contributed by atoms with E-state index < -0.39 is 12.1 Å². The number of rotatable bonds is 4. The molecule has 0 atom stereocenters. The average Bonchev–Trinajstić information content (AvgIpc) is 2.47. The van der Waals surface area contributed by atoms with E-state index in [4.69, 9.17) is 0 Å². The molecule has 1 amide bonds. The Bertz CT molecular complexity index is 540. The fraction of sp³-hybridized carbons (Fsp3) is 0.188. The van der Waals surface area contributed by atoms with Crippen LogP contribution < -0.4 is 0 Å². The molecule has 0 aromatic heterocycles. The van der Waals surface area contributed by atoms with Crippen LogP contribution in [0.5, 0.6) is 0 Å². The molecule has 0 aliphatic carbocycles. The van der Waals surface area contributed by atoms with E-state index in [2.05, 4.69) is 0 Å². The predicted octanol–water partition coefficient (Wildman–Crippen LogP) is 3.78. The van der Waals surface area contributed by atoms with Crippen molar-refractivity contribution in [2.24, 2.45) is 0 Å². The first kappa shape index (κ1) is 15.1. The SMILES string of the molecule is O=C(N(Cc1ccccc1)Cc1ccccc1)C(F)(F)F. The smallest absolute Gasteiger partial charge is 0.326 e. The Morgan fingerprint density at radius 3 is 1.52 bits per heavy atom. The molecular formula is C16H14F3NO. The lowest BCUT2D eigenvalue weighted by Crippen LogP contribution is -2.40. The maximum Gasteiger partial charge on any atom is 0.471 e. The monoisotopic (exact) mass is 293 g/mol. The zero-order valence-corrected chi connectivity index (χ0v) is 11.2. The van der Waals surface area contributed by atoms with E-state index in [-0.39, 0.29) is 13.1 Å². The second-order valence-corrected chi connectivity index (χ2v) is 4.63. The van der Waals surface area contributed by atoms with Gasteiger partial charge in [0.1, 0.15) is 0 Å². The molecule has 110 valence electrons. The molecule has 0 saturated carbocycles. The highest BCUT2D eigenvalue weighted by molar-refractivity contribution is 5.81. The van der Waals surface area contributed by atoms with E-state index in [0.717, 1.165) is 4.90 Å². The van der Waals surface area contributed by atoms with Crippen LogP contribution in [-0.4, -0.2) is 17.0 Å². The number of benzene rings is 2. The molecule has 21 heavy (non-hydrogen) atoms. The second kappa shape index (κ2) is 6.43. The highest BCUT2D eigenvalue weighted by Gasteiger charge is 2.42. The summed E-state index contributed by atoms with van der Waals surface area (Å²) in [5.74, 6) is -1.82. The Balaban J connectivity index is 2.20. The van der Waals surface area contributed by atoms with Crippen LogP contribution in [0.1, 0.15) is 11.1 Å². The lowest BCUT2D eigenvalue weighted by Gasteiger charge is -2.24. The van der Waals surface area contributed by atoms with Crippen molar-refractivity contribution in [2.75, 3.05) is 0 Å². The molecule has 2 rings (SSSR count). The molecule has 0 saturated heterocycles. The van der Waals surface area contributed by atoms with E-state index in [1.165, 1.54) is 0 Å². The van der Waals surface area contributed by atoms with Crippen molar-refractivity contribution < 1.29 is 18.0 Å². The molecule has 0 aliphatic heterocycles. The highest BCUT2D eigenvalue weighted by atomic mass is 19.4. The minimum absolute atomic E-state index is 0.0753. The van der Waals surface area contributed by atoms with Crippen LogP contribution in [0.3, 0.4) is 0 Å².